The van der Waals surface area contributed by atoms with Crippen molar-refractivity contribution in [2.45, 2.75) is 35.4 Å². The monoisotopic (exact) mass is 571 g/mol. The average molecular weight is 572 g/mol. The van der Waals surface area contributed by atoms with Crippen LogP contribution < -0.4 is 4.80 Å². The Labute approximate surface area is 216 Å². The Morgan fingerprint density at radius 3 is 2.64 bits per heavy atom. The molecule has 14 heteroatoms. The summed E-state index contributed by atoms with van der Waals surface area (Å²) in [6.45, 7) is 2.00. The van der Waals surface area contributed by atoms with Crippen LogP contribution in [0.3, 0.4) is 0 Å². The number of carbonyl (C=O) groups is 2. The van der Waals surface area contributed by atoms with Crippen molar-refractivity contribution in [2.75, 3.05) is 26.0 Å². The number of hydrogen-bond acceptors (Lipinski definition) is 9. The number of amides is 1. The van der Waals surface area contributed by atoms with E-state index in [0.29, 0.717) is 29.6 Å². The lowest BCUT2D eigenvalue weighted by Gasteiger charge is -2.29. The third-order valence-electron chi connectivity index (χ3n) is 5.70. The van der Waals surface area contributed by atoms with Crippen LogP contribution >= 0.6 is 22.7 Å². The molecule has 0 bridgehead atoms. The van der Waals surface area contributed by atoms with Crippen molar-refractivity contribution in [3.63, 3.8) is 0 Å². The second-order valence-electron chi connectivity index (χ2n) is 8.26. The van der Waals surface area contributed by atoms with Gasteiger partial charge in [-0.05, 0) is 49.4 Å². The van der Waals surface area contributed by atoms with Gasteiger partial charge in [0, 0.05) is 19.3 Å². The van der Waals surface area contributed by atoms with E-state index < -0.39 is 37.7 Å². The van der Waals surface area contributed by atoms with E-state index in [2.05, 4.69) is 4.99 Å². The fourth-order valence-corrected chi connectivity index (χ4v) is 8.41. The Hall–Kier alpha value is -2.39. The molecule has 1 aliphatic rings. The van der Waals surface area contributed by atoms with Crippen LogP contribution in [-0.2, 0) is 40.7 Å². The van der Waals surface area contributed by atoms with Gasteiger partial charge in [0.2, 0.25) is 0 Å². The summed E-state index contributed by atoms with van der Waals surface area (Å²) in [4.78, 5) is 30.0. The van der Waals surface area contributed by atoms with Gasteiger partial charge in [0.15, 0.2) is 14.6 Å². The van der Waals surface area contributed by atoms with Crippen LogP contribution in [0, 0.1) is 5.92 Å². The molecule has 1 amide bonds. The minimum absolute atomic E-state index is 0.0174. The highest BCUT2D eigenvalue weighted by Crippen LogP contribution is 2.27. The number of thiophene rings is 1. The lowest BCUT2D eigenvalue weighted by atomic mass is 9.99. The molecule has 1 aliphatic heterocycles. The van der Waals surface area contributed by atoms with Gasteiger partial charge >= 0.3 is 5.97 Å². The first kappa shape index (κ1) is 26.7. The lowest BCUT2D eigenvalue weighted by Crippen LogP contribution is -2.42. The fraction of sp³-hybridized carbons (Fsp3) is 0.409. The van der Waals surface area contributed by atoms with E-state index in [1.807, 2.05) is 0 Å². The summed E-state index contributed by atoms with van der Waals surface area (Å²) in [5.41, 5.74) is 0.539. The maximum Gasteiger partial charge on any atom is 0.326 e. The summed E-state index contributed by atoms with van der Waals surface area (Å²) in [7, 11) is -7.15. The number of benzene rings is 1. The van der Waals surface area contributed by atoms with Gasteiger partial charge < -0.3 is 9.30 Å². The molecule has 1 unspecified atom stereocenters. The molecule has 1 saturated heterocycles. The molecule has 194 valence electrons. The van der Waals surface area contributed by atoms with Crippen molar-refractivity contribution in [1.29, 1.82) is 0 Å². The van der Waals surface area contributed by atoms with E-state index in [9.17, 15) is 26.4 Å². The van der Waals surface area contributed by atoms with Gasteiger partial charge in [0.25, 0.3) is 15.9 Å². The van der Waals surface area contributed by atoms with Crippen LogP contribution in [0.5, 0.6) is 0 Å². The Balaban J connectivity index is 1.70. The molecule has 0 N–H and O–H groups in total. The number of fused-ring (bicyclic) bond motifs is 1. The zero-order valence-electron chi connectivity index (χ0n) is 19.6. The van der Waals surface area contributed by atoms with Crippen molar-refractivity contribution >= 4 is 64.6 Å². The van der Waals surface area contributed by atoms with Crippen molar-refractivity contribution in [3.05, 3.63) is 40.5 Å². The summed E-state index contributed by atoms with van der Waals surface area (Å²) < 4.78 is 58.5. The Bertz CT molecular complexity index is 1570. The minimum atomic E-state index is -3.69. The first-order chi connectivity index (χ1) is 17.0. The third-order valence-corrected chi connectivity index (χ3v) is 11.1. The molecule has 0 saturated carbocycles. The van der Waals surface area contributed by atoms with Gasteiger partial charge in [-0.3, -0.25) is 9.59 Å². The largest absolute Gasteiger partial charge is 0.465 e. The zero-order chi connectivity index (χ0) is 26.1. The molecule has 2 aromatic heterocycles. The first-order valence-electron chi connectivity index (χ1n) is 11.1. The normalized spacial score (nSPS) is 17.9. The highest BCUT2D eigenvalue weighted by molar-refractivity contribution is 7.91. The van der Waals surface area contributed by atoms with Gasteiger partial charge in [0.1, 0.15) is 10.8 Å². The SMILES string of the molecule is CCOC(=O)Cn1c(=NC(=O)C2CCCN(S(=O)(=O)c3cccs3)C2)sc2cc(S(C)(=O)=O)ccc21. The number of hydrogen-bond donors (Lipinski definition) is 0. The smallest absolute Gasteiger partial charge is 0.326 e. The van der Waals surface area contributed by atoms with Gasteiger partial charge in [0.05, 0.1) is 27.6 Å². The highest BCUT2D eigenvalue weighted by Gasteiger charge is 2.34. The molecule has 1 fully saturated rings. The fourth-order valence-electron chi connectivity index (χ4n) is 3.94. The molecule has 0 aliphatic carbocycles. The van der Waals surface area contributed by atoms with Crippen molar-refractivity contribution < 1.29 is 31.2 Å². The number of ether oxygens (including phenoxy) is 1. The van der Waals surface area contributed by atoms with E-state index >= 15 is 0 Å². The Morgan fingerprint density at radius 2 is 1.97 bits per heavy atom. The Morgan fingerprint density at radius 1 is 1.19 bits per heavy atom. The second-order valence-corrected chi connectivity index (χ2v) is 14.4. The number of thiazole rings is 1. The maximum absolute atomic E-state index is 13.2. The number of piperidine rings is 1. The molecule has 3 heterocycles. The van der Waals surface area contributed by atoms with E-state index in [0.717, 1.165) is 28.9 Å². The number of sulfone groups is 1. The van der Waals surface area contributed by atoms with Crippen LogP contribution in [0.1, 0.15) is 19.8 Å². The van der Waals surface area contributed by atoms with E-state index in [1.165, 1.54) is 27.1 Å². The molecule has 0 spiro atoms. The number of carbonyl (C=O) groups excluding carboxylic acids is 2. The number of nitrogens with zero attached hydrogens (tertiary/aromatic N) is 3. The molecule has 1 atom stereocenters. The Kier molecular flexibility index (Phi) is 7.80. The van der Waals surface area contributed by atoms with Gasteiger partial charge in [-0.1, -0.05) is 17.4 Å². The first-order valence-corrected chi connectivity index (χ1v) is 16.1. The predicted octanol–water partition coefficient (Wildman–Crippen LogP) is 2.26. The van der Waals surface area contributed by atoms with Crippen LogP contribution in [-0.4, -0.2) is 63.5 Å². The van der Waals surface area contributed by atoms with Crippen LogP contribution in [0.15, 0.2) is 49.8 Å². The predicted molar refractivity (Wildman–Crippen MR) is 136 cm³/mol. The molecule has 3 aromatic rings. The third kappa shape index (κ3) is 5.62. The summed E-state index contributed by atoms with van der Waals surface area (Å²) in [6.07, 6.45) is 2.10. The topological polar surface area (TPSA) is 132 Å². The average Bonchev–Trinajstić information content (AvgIpc) is 3.48. The standard InChI is InChI=1S/C22H25N3O7S4/c1-3-32-19(26)14-25-17-9-8-16(35(2,28)29)12-18(17)34-22(25)23-21(27)15-6-4-10-24(13-15)36(30,31)20-7-5-11-33-20/h5,7-9,11-12,15H,3-4,6,10,13-14H2,1-2H3. The molecular weight excluding hydrogens is 547 g/mol. The maximum atomic E-state index is 13.2. The van der Waals surface area contributed by atoms with E-state index in [-0.39, 0.29) is 33.6 Å². The summed E-state index contributed by atoms with van der Waals surface area (Å²) >= 11 is 2.21. The molecule has 4 rings (SSSR count). The number of esters is 1. The highest BCUT2D eigenvalue weighted by atomic mass is 32.2. The summed E-state index contributed by atoms with van der Waals surface area (Å²) in [5, 5.41) is 1.69. The molecule has 36 heavy (non-hydrogen) atoms. The summed E-state index contributed by atoms with van der Waals surface area (Å²) in [6, 6.07) is 7.69. The van der Waals surface area contributed by atoms with Crippen molar-refractivity contribution in [1.82, 2.24) is 8.87 Å². The minimum Gasteiger partial charge on any atom is -0.465 e. The number of sulfonamides is 1. The second kappa shape index (κ2) is 10.5. The van der Waals surface area contributed by atoms with E-state index in [4.69, 9.17) is 4.74 Å². The van der Waals surface area contributed by atoms with Crippen LogP contribution in [0.4, 0.5) is 0 Å². The zero-order valence-corrected chi connectivity index (χ0v) is 22.9. The van der Waals surface area contributed by atoms with Gasteiger partial charge in [-0.15, -0.1) is 11.3 Å². The molecule has 10 nitrogen and oxygen atoms in total. The van der Waals surface area contributed by atoms with Crippen molar-refractivity contribution in [2.24, 2.45) is 10.9 Å². The lowest BCUT2D eigenvalue weighted by molar-refractivity contribution is -0.143. The summed E-state index contributed by atoms with van der Waals surface area (Å²) in [5.74, 6) is -1.65. The van der Waals surface area contributed by atoms with Gasteiger partial charge in [-0.25, -0.2) is 16.8 Å². The molecule has 0 radical (unpaired) electrons. The quantitative estimate of drug-likeness (QED) is 0.397. The van der Waals surface area contributed by atoms with Crippen LogP contribution in [0.2, 0.25) is 0 Å². The van der Waals surface area contributed by atoms with Crippen molar-refractivity contribution in [3.8, 4) is 0 Å². The van der Waals surface area contributed by atoms with E-state index in [1.54, 1.807) is 24.4 Å². The molecular formula is C22H25N3O7S4. The number of rotatable bonds is 7. The van der Waals surface area contributed by atoms with Crippen LogP contribution in [0.25, 0.3) is 10.2 Å². The number of aromatic nitrogens is 1. The molecule has 1 aromatic carbocycles. The van der Waals surface area contributed by atoms with Gasteiger partial charge in [-0.2, -0.15) is 9.30 Å².